The summed E-state index contributed by atoms with van der Waals surface area (Å²) >= 11 is 16.0. The number of para-hydroxylation sites is 1. The first-order chi connectivity index (χ1) is 10.6. The van der Waals surface area contributed by atoms with Crippen molar-refractivity contribution in [3.05, 3.63) is 63.4 Å². The second kappa shape index (κ2) is 5.23. The first kappa shape index (κ1) is 14.0. The molecule has 22 heavy (non-hydrogen) atoms. The third-order valence-corrected chi connectivity index (χ3v) is 4.58. The van der Waals surface area contributed by atoms with Crippen LogP contribution in [-0.4, -0.2) is 14.5 Å². The van der Waals surface area contributed by atoms with Gasteiger partial charge in [0.2, 0.25) is 0 Å². The van der Waals surface area contributed by atoms with Gasteiger partial charge in [-0.25, -0.2) is 4.98 Å². The maximum absolute atomic E-state index is 6.36. The number of rotatable bonds is 1. The molecule has 0 atom stereocenters. The van der Waals surface area contributed by atoms with Gasteiger partial charge in [0.25, 0.3) is 0 Å². The Hall–Kier alpha value is -1.62. The fraction of sp³-hybridized carbons (Fsp3) is 0. The Morgan fingerprint density at radius 1 is 1.00 bits per heavy atom. The molecule has 6 heteroatoms. The molecule has 0 aliphatic carbocycles. The van der Waals surface area contributed by atoms with Crippen LogP contribution >= 0.6 is 39.1 Å². The minimum Gasteiger partial charge on any atom is -0.285 e. The van der Waals surface area contributed by atoms with Crippen LogP contribution in [0.25, 0.3) is 27.6 Å². The fourth-order valence-electron chi connectivity index (χ4n) is 2.55. The highest BCUT2D eigenvalue weighted by Gasteiger charge is 2.16. The van der Waals surface area contributed by atoms with Crippen LogP contribution in [0.2, 0.25) is 10.0 Å². The zero-order chi connectivity index (χ0) is 15.3. The first-order valence-corrected chi connectivity index (χ1v) is 8.07. The first-order valence-electron chi connectivity index (χ1n) is 6.52. The van der Waals surface area contributed by atoms with Crippen molar-refractivity contribution in [1.82, 2.24) is 14.5 Å². The largest absolute Gasteiger partial charge is 0.285 e. The lowest BCUT2D eigenvalue weighted by Crippen LogP contribution is -1.96. The maximum atomic E-state index is 6.36. The summed E-state index contributed by atoms with van der Waals surface area (Å²) in [7, 11) is 0. The smallest absolute Gasteiger partial charge is 0.182 e. The molecule has 0 aliphatic rings. The van der Waals surface area contributed by atoms with Gasteiger partial charge in [0, 0.05) is 10.4 Å². The molecule has 4 rings (SSSR count). The number of hydrogen-bond acceptors (Lipinski definition) is 2. The van der Waals surface area contributed by atoms with E-state index in [1.165, 1.54) is 0 Å². The van der Waals surface area contributed by atoms with Gasteiger partial charge >= 0.3 is 0 Å². The zero-order valence-electron chi connectivity index (χ0n) is 11.1. The second-order valence-corrected chi connectivity index (χ2v) is 6.37. The van der Waals surface area contributed by atoms with Gasteiger partial charge in [-0.1, -0.05) is 35.3 Å². The normalized spacial score (nSPS) is 11.4. The fourth-order valence-corrected chi connectivity index (χ4v) is 3.50. The molecule has 108 valence electrons. The highest BCUT2D eigenvalue weighted by molar-refractivity contribution is 9.10. The Labute approximate surface area is 144 Å². The Morgan fingerprint density at radius 2 is 1.82 bits per heavy atom. The summed E-state index contributed by atoms with van der Waals surface area (Å²) in [6.45, 7) is 0. The predicted octanol–water partition coefficient (Wildman–Crippen LogP) is 5.64. The second-order valence-electron chi connectivity index (χ2n) is 4.82. The summed E-state index contributed by atoms with van der Waals surface area (Å²) in [6, 6.07) is 13.3. The maximum Gasteiger partial charge on any atom is 0.182 e. The van der Waals surface area contributed by atoms with Gasteiger partial charge in [-0.15, -0.1) is 0 Å². The van der Waals surface area contributed by atoms with Gasteiger partial charge in [0.15, 0.2) is 4.73 Å². The predicted molar refractivity (Wildman–Crippen MR) is 94.1 cm³/mol. The molecule has 0 aliphatic heterocycles. The minimum atomic E-state index is 0.648. The van der Waals surface area contributed by atoms with E-state index in [4.69, 9.17) is 23.2 Å². The average Bonchev–Trinajstić information content (AvgIpc) is 2.84. The molecule has 0 bridgehead atoms. The molecular formula is C16H8BrCl2N3. The summed E-state index contributed by atoms with van der Waals surface area (Å²) in [5.74, 6) is 0. The van der Waals surface area contributed by atoms with Gasteiger partial charge in [0.1, 0.15) is 5.52 Å². The van der Waals surface area contributed by atoms with Crippen molar-refractivity contribution in [3.63, 3.8) is 0 Å². The standard InChI is InChI=1S/C16H8BrCl2N3/c17-16-21-13-8-20-12-6-5-9(18)7-10(12)15(13)22(16)14-4-2-1-3-11(14)19/h1-8H. The summed E-state index contributed by atoms with van der Waals surface area (Å²) in [4.78, 5) is 8.96. The van der Waals surface area contributed by atoms with Crippen LogP contribution in [0.5, 0.6) is 0 Å². The summed E-state index contributed by atoms with van der Waals surface area (Å²) < 4.78 is 2.64. The van der Waals surface area contributed by atoms with E-state index in [1.807, 2.05) is 47.0 Å². The Kier molecular flexibility index (Phi) is 3.33. The Bertz CT molecular complexity index is 1030. The zero-order valence-corrected chi connectivity index (χ0v) is 14.2. The van der Waals surface area contributed by atoms with Crippen molar-refractivity contribution in [2.45, 2.75) is 0 Å². The number of hydrogen-bond donors (Lipinski definition) is 0. The molecule has 0 amide bonds. The molecule has 0 unspecified atom stereocenters. The molecule has 0 saturated carbocycles. The summed E-state index contributed by atoms with van der Waals surface area (Å²) in [5.41, 5.74) is 3.41. The minimum absolute atomic E-state index is 0.648. The molecular weight excluding hydrogens is 385 g/mol. The molecule has 3 nitrogen and oxygen atoms in total. The molecule has 2 aromatic carbocycles. The van der Waals surface area contributed by atoms with Crippen LogP contribution in [-0.2, 0) is 0 Å². The van der Waals surface area contributed by atoms with Crippen LogP contribution < -0.4 is 0 Å². The lowest BCUT2D eigenvalue weighted by molar-refractivity contribution is 1.05. The molecule has 0 spiro atoms. The molecule has 0 N–H and O–H groups in total. The summed E-state index contributed by atoms with van der Waals surface area (Å²) in [6.07, 6.45) is 1.75. The molecule has 4 aromatic rings. The van der Waals surface area contributed by atoms with E-state index in [0.717, 1.165) is 27.6 Å². The number of benzene rings is 2. The van der Waals surface area contributed by atoms with Crippen molar-refractivity contribution in [3.8, 4) is 5.69 Å². The highest BCUT2D eigenvalue weighted by Crippen LogP contribution is 2.33. The topological polar surface area (TPSA) is 30.7 Å². The van der Waals surface area contributed by atoms with E-state index in [2.05, 4.69) is 25.9 Å². The van der Waals surface area contributed by atoms with Crippen molar-refractivity contribution in [2.24, 2.45) is 0 Å². The molecule has 0 fully saturated rings. The van der Waals surface area contributed by atoms with E-state index < -0.39 is 0 Å². The van der Waals surface area contributed by atoms with Crippen molar-refractivity contribution < 1.29 is 0 Å². The lowest BCUT2D eigenvalue weighted by atomic mass is 10.2. The van der Waals surface area contributed by atoms with E-state index in [9.17, 15) is 0 Å². The lowest BCUT2D eigenvalue weighted by Gasteiger charge is -2.09. The Morgan fingerprint density at radius 3 is 2.64 bits per heavy atom. The molecule has 0 radical (unpaired) electrons. The highest BCUT2D eigenvalue weighted by atomic mass is 79.9. The van der Waals surface area contributed by atoms with Gasteiger partial charge in [-0.3, -0.25) is 9.55 Å². The third-order valence-electron chi connectivity index (χ3n) is 3.50. The van der Waals surface area contributed by atoms with E-state index in [-0.39, 0.29) is 0 Å². The van der Waals surface area contributed by atoms with Crippen LogP contribution in [0.15, 0.2) is 53.4 Å². The number of nitrogens with zero attached hydrogens (tertiary/aromatic N) is 3. The van der Waals surface area contributed by atoms with Crippen molar-refractivity contribution in [1.29, 1.82) is 0 Å². The number of aromatic nitrogens is 3. The SMILES string of the molecule is Clc1ccc2ncc3nc(Br)n(-c4ccccc4Cl)c3c2c1. The number of halogens is 3. The molecule has 2 aromatic heterocycles. The summed E-state index contributed by atoms with van der Waals surface area (Å²) in [5, 5.41) is 2.24. The van der Waals surface area contributed by atoms with E-state index >= 15 is 0 Å². The van der Waals surface area contributed by atoms with Crippen molar-refractivity contribution >= 4 is 61.1 Å². The monoisotopic (exact) mass is 391 g/mol. The number of pyridine rings is 1. The molecule has 2 heterocycles. The molecule has 0 saturated heterocycles. The van der Waals surface area contributed by atoms with Crippen LogP contribution in [0.3, 0.4) is 0 Å². The van der Waals surface area contributed by atoms with E-state index in [0.29, 0.717) is 14.8 Å². The van der Waals surface area contributed by atoms with Gasteiger partial charge in [0.05, 0.1) is 27.9 Å². The van der Waals surface area contributed by atoms with Gasteiger partial charge in [-0.05, 0) is 46.3 Å². The van der Waals surface area contributed by atoms with Gasteiger partial charge in [-0.2, -0.15) is 0 Å². The van der Waals surface area contributed by atoms with E-state index in [1.54, 1.807) is 6.20 Å². The third kappa shape index (κ3) is 2.10. The quantitative estimate of drug-likeness (QED) is 0.419. The number of imidazole rings is 1. The van der Waals surface area contributed by atoms with Crippen molar-refractivity contribution in [2.75, 3.05) is 0 Å². The van der Waals surface area contributed by atoms with Crippen LogP contribution in [0.1, 0.15) is 0 Å². The Balaban J connectivity index is 2.21. The van der Waals surface area contributed by atoms with Gasteiger partial charge < -0.3 is 0 Å². The van der Waals surface area contributed by atoms with Crippen LogP contribution in [0, 0.1) is 0 Å². The van der Waals surface area contributed by atoms with Crippen LogP contribution in [0.4, 0.5) is 0 Å². The number of fused-ring (bicyclic) bond motifs is 3. The average molecular weight is 393 g/mol.